The lowest BCUT2D eigenvalue weighted by atomic mass is 9.85. The van der Waals surface area contributed by atoms with Crippen LogP contribution in [0.1, 0.15) is 44.1 Å². The maximum atomic E-state index is 13.5. The molecule has 24 heavy (non-hydrogen) atoms. The van der Waals surface area contributed by atoms with Crippen LogP contribution in [-0.4, -0.2) is 35.8 Å². The monoisotopic (exact) mass is 332 g/mol. The molecule has 2 aliphatic rings. The maximum Gasteiger partial charge on any atom is 0.223 e. The van der Waals surface area contributed by atoms with Gasteiger partial charge in [0.15, 0.2) is 0 Å². The number of nitrogens with zero attached hydrogens (tertiary/aromatic N) is 1. The van der Waals surface area contributed by atoms with Crippen molar-refractivity contribution in [2.24, 2.45) is 5.92 Å². The van der Waals surface area contributed by atoms with Gasteiger partial charge < -0.3 is 10.2 Å². The van der Waals surface area contributed by atoms with E-state index in [1.807, 2.05) is 11.0 Å². The molecule has 1 aliphatic heterocycles. The van der Waals surface area contributed by atoms with E-state index in [4.69, 9.17) is 0 Å². The molecule has 2 fully saturated rings. The van der Waals surface area contributed by atoms with Crippen molar-refractivity contribution in [3.05, 3.63) is 35.6 Å². The summed E-state index contributed by atoms with van der Waals surface area (Å²) in [7, 11) is 0. The van der Waals surface area contributed by atoms with Crippen LogP contribution < -0.4 is 5.32 Å². The summed E-state index contributed by atoms with van der Waals surface area (Å²) >= 11 is 0. The molecule has 1 saturated heterocycles. The number of hydrogen-bond acceptors (Lipinski definition) is 2. The van der Waals surface area contributed by atoms with Gasteiger partial charge in [0.2, 0.25) is 11.8 Å². The van der Waals surface area contributed by atoms with E-state index >= 15 is 0 Å². The van der Waals surface area contributed by atoms with Gasteiger partial charge in [-0.1, -0.05) is 18.6 Å². The Labute approximate surface area is 142 Å². The average molecular weight is 332 g/mol. The van der Waals surface area contributed by atoms with Crippen LogP contribution in [0, 0.1) is 11.7 Å². The molecule has 0 aromatic heterocycles. The molecule has 4 nitrogen and oxygen atoms in total. The fraction of sp³-hybridized carbons (Fsp3) is 0.579. The predicted molar refractivity (Wildman–Crippen MR) is 89.8 cm³/mol. The summed E-state index contributed by atoms with van der Waals surface area (Å²) in [5.41, 5.74) is 0.858. The Bertz CT molecular complexity index is 601. The van der Waals surface area contributed by atoms with Gasteiger partial charge in [-0.2, -0.15) is 0 Å². The topological polar surface area (TPSA) is 49.4 Å². The zero-order valence-electron chi connectivity index (χ0n) is 14.0. The summed E-state index contributed by atoms with van der Waals surface area (Å²) in [6.45, 7) is 1.16. The molecule has 0 unspecified atom stereocenters. The molecule has 5 heteroatoms. The molecular formula is C19H25FN2O2. The van der Waals surface area contributed by atoms with E-state index in [0.717, 1.165) is 44.2 Å². The highest BCUT2D eigenvalue weighted by Gasteiger charge is 2.29. The lowest BCUT2D eigenvalue weighted by Gasteiger charge is -2.35. The number of benzene rings is 1. The van der Waals surface area contributed by atoms with Gasteiger partial charge in [-0.05, 0) is 49.8 Å². The zero-order chi connectivity index (χ0) is 16.9. The lowest BCUT2D eigenvalue weighted by molar-refractivity contribution is -0.136. The van der Waals surface area contributed by atoms with Gasteiger partial charge in [0.1, 0.15) is 5.82 Å². The van der Waals surface area contributed by atoms with Crippen LogP contribution in [0.4, 0.5) is 4.39 Å². The van der Waals surface area contributed by atoms with Crippen LogP contribution in [-0.2, 0) is 16.0 Å². The fourth-order valence-electron chi connectivity index (χ4n) is 3.47. The number of nitrogens with one attached hydrogen (secondary N) is 1. The van der Waals surface area contributed by atoms with Crippen molar-refractivity contribution in [3.8, 4) is 0 Å². The number of hydrogen-bond donors (Lipinski definition) is 1. The number of likely N-dealkylation sites (tertiary alicyclic amines) is 1. The van der Waals surface area contributed by atoms with Gasteiger partial charge in [-0.15, -0.1) is 0 Å². The summed E-state index contributed by atoms with van der Waals surface area (Å²) in [5.74, 6) is 0.0992. The van der Waals surface area contributed by atoms with Gasteiger partial charge in [0, 0.05) is 25.4 Å². The number of carbonyl (C=O) groups is 2. The SMILES string of the molecule is O=C(NC[C@@H](Cc1cccc(F)c1)N1CCCCC1=O)C1CCC1. The van der Waals surface area contributed by atoms with Crippen molar-refractivity contribution in [1.82, 2.24) is 10.2 Å². The number of amides is 2. The van der Waals surface area contributed by atoms with E-state index in [1.54, 1.807) is 6.07 Å². The Morgan fingerprint density at radius 3 is 2.79 bits per heavy atom. The second-order valence-corrected chi connectivity index (χ2v) is 6.91. The minimum Gasteiger partial charge on any atom is -0.354 e. The molecule has 2 amide bonds. The molecular weight excluding hydrogens is 307 g/mol. The quantitative estimate of drug-likeness (QED) is 0.871. The van der Waals surface area contributed by atoms with Gasteiger partial charge >= 0.3 is 0 Å². The van der Waals surface area contributed by atoms with Gasteiger partial charge in [-0.25, -0.2) is 4.39 Å². The zero-order valence-corrected chi connectivity index (χ0v) is 14.0. The van der Waals surface area contributed by atoms with Crippen LogP contribution in [0.3, 0.4) is 0 Å². The van der Waals surface area contributed by atoms with Gasteiger partial charge in [-0.3, -0.25) is 9.59 Å². The molecule has 1 aliphatic carbocycles. The third-order valence-electron chi connectivity index (χ3n) is 5.15. The molecule has 0 radical (unpaired) electrons. The third kappa shape index (κ3) is 4.13. The average Bonchev–Trinajstić information content (AvgIpc) is 2.50. The van der Waals surface area contributed by atoms with Crippen molar-refractivity contribution >= 4 is 11.8 Å². The van der Waals surface area contributed by atoms with Crippen molar-refractivity contribution < 1.29 is 14.0 Å². The summed E-state index contributed by atoms with van der Waals surface area (Å²) in [6.07, 6.45) is 6.09. The molecule has 1 N–H and O–H groups in total. The Balaban J connectivity index is 1.67. The van der Waals surface area contributed by atoms with E-state index < -0.39 is 0 Å². The molecule has 130 valence electrons. The fourth-order valence-corrected chi connectivity index (χ4v) is 3.47. The summed E-state index contributed by atoms with van der Waals surface area (Å²) < 4.78 is 13.5. The minimum atomic E-state index is -0.269. The first-order chi connectivity index (χ1) is 11.6. The second kappa shape index (κ2) is 7.77. The van der Waals surface area contributed by atoms with E-state index in [0.29, 0.717) is 19.4 Å². The molecule has 0 spiro atoms. The molecule has 1 aromatic carbocycles. The normalized spacial score (nSPS) is 19.7. The van der Waals surface area contributed by atoms with Crippen LogP contribution in [0.2, 0.25) is 0 Å². The highest BCUT2D eigenvalue weighted by Crippen LogP contribution is 2.26. The van der Waals surface area contributed by atoms with Crippen molar-refractivity contribution in [2.75, 3.05) is 13.1 Å². The Kier molecular flexibility index (Phi) is 5.48. The Hall–Kier alpha value is -1.91. The standard InChI is InChI=1S/C19H25FN2O2/c20-16-8-3-5-14(11-16)12-17(22-10-2-1-9-18(22)23)13-21-19(24)15-6-4-7-15/h3,5,8,11,15,17H,1-2,4,6-7,9-10,12-13H2,(H,21,24)/t17-/m1/s1. The molecule has 3 rings (SSSR count). The molecule has 1 atom stereocenters. The first-order valence-electron chi connectivity index (χ1n) is 8.95. The number of carbonyl (C=O) groups excluding carboxylic acids is 2. The van der Waals surface area contributed by atoms with E-state index in [1.165, 1.54) is 12.1 Å². The van der Waals surface area contributed by atoms with Crippen molar-refractivity contribution in [1.29, 1.82) is 0 Å². The highest BCUT2D eigenvalue weighted by molar-refractivity contribution is 5.80. The molecule has 1 saturated carbocycles. The molecule has 1 aromatic rings. The summed E-state index contributed by atoms with van der Waals surface area (Å²) in [5, 5.41) is 3.01. The Morgan fingerprint density at radius 1 is 1.29 bits per heavy atom. The second-order valence-electron chi connectivity index (χ2n) is 6.91. The van der Waals surface area contributed by atoms with E-state index in [9.17, 15) is 14.0 Å². The van der Waals surface area contributed by atoms with Crippen LogP contribution in [0.25, 0.3) is 0 Å². The van der Waals surface area contributed by atoms with Crippen molar-refractivity contribution in [2.45, 2.75) is 51.0 Å². The van der Waals surface area contributed by atoms with Gasteiger partial charge in [0.05, 0.1) is 6.04 Å². The number of rotatable bonds is 6. The first kappa shape index (κ1) is 16.9. The highest BCUT2D eigenvalue weighted by atomic mass is 19.1. The predicted octanol–water partition coefficient (Wildman–Crippen LogP) is 2.67. The number of halogens is 1. The van der Waals surface area contributed by atoms with Crippen molar-refractivity contribution in [3.63, 3.8) is 0 Å². The summed E-state index contributed by atoms with van der Waals surface area (Å²) in [6, 6.07) is 6.38. The van der Waals surface area contributed by atoms with E-state index in [2.05, 4.69) is 5.32 Å². The van der Waals surface area contributed by atoms with Crippen LogP contribution in [0.5, 0.6) is 0 Å². The van der Waals surface area contributed by atoms with Crippen LogP contribution in [0.15, 0.2) is 24.3 Å². The third-order valence-corrected chi connectivity index (χ3v) is 5.15. The molecule has 1 heterocycles. The minimum absolute atomic E-state index is 0.0925. The first-order valence-corrected chi connectivity index (χ1v) is 8.95. The van der Waals surface area contributed by atoms with E-state index in [-0.39, 0.29) is 29.6 Å². The lowest BCUT2D eigenvalue weighted by Crippen LogP contribution is -2.50. The Morgan fingerprint density at radius 2 is 2.12 bits per heavy atom. The largest absolute Gasteiger partial charge is 0.354 e. The maximum absolute atomic E-state index is 13.5. The number of piperidine rings is 1. The summed E-state index contributed by atoms with van der Waals surface area (Å²) in [4.78, 5) is 26.3. The van der Waals surface area contributed by atoms with Gasteiger partial charge in [0.25, 0.3) is 0 Å². The molecule has 0 bridgehead atoms. The smallest absolute Gasteiger partial charge is 0.223 e. The van der Waals surface area contributed by atoms with Crippen LogP contribution >= 0.6 is 0 Å².